The number of hydrogen-bond acceptors (Lipinski definition) is 6. The van der Waals surface area contributed by atoms with Crippen molar-refractivity contribution in [2.24, 2.45) is 7.05 Å². The zero-order valence-corrected chi connectivity index (χ0v) is 18.5. The second-order valence-electron chi connectivity index (χ2n) is 8.33. The SMILES string of the molecule is Cc1noc([C@@H](C)NC(=O)c2cc(-c3ccc(F)cc3)c3nc(C(C)(C)O)n(C)c3c2)n1. The van der Waals surface area contributed by atoms with Gasteiger partial charge >= 0.3 is 0 Å². The van der Waals surface area contributed by atoms with Gasteiger partial charge in [0.15, 0.2) is 5.82 Å². The molecule has 166 valence electrons. The van der Waals surface area contributed by atoms with E-state index in [0.29, 0.717) is 45.3 Å². The van der Waals surface area contributed by atoms with Crippen LogP contribution in [0.15, 0.2) is 40.9 Å². The lowest BCUT2D eigenvalue weighted by molar-refractivity contribution is 0.0663. The molecule has 2 heterocycles. The molecule has 4 rings (SSSR count). The third kappa shape index (κ3) is 3.99. The highest BCUT2D eigenvalue weighted by Gasteiger charge is 2.26. The lowest BCUT2D eigenvalue weighted by atomic mass is 10.0. The summed E-state index contributed by atoms with van der Waals surface area (Å²) in [5, 5.41) is 17.2. The van der Waals surface area contributed by atoms with E-state index in [-0.39, 0.29) is 11.7 Å². The van der Waals surface area contributed by atoms with Crippen molar-refractivity contribution in [2.75, 3.05) is 0 Å². The first-order valence-corrected chi connectivity index (χ1v) is 10.1. The molecule has 1 amide bonds. The molecular formula is C23H24FN5O3. The molecule has 2 N–H and O–H groups in total. The molecule has 0 saturated heterocycles. The van der Waals surface area contributed by atoms with E-state index in [1.165, 1.54) is 12.1 Å². The fourth-order valence-electron chi connectivity index (χ4n) is 3.65. The number of nitrogens with one attached hydrogen (secondary N) is 1. The van der Waals surface area contributed by atoms with Crippen LogP contribution in [0.1, 0.15) is 54.7 Å². The van der Waals surface area contributed by atoms with E-state index < -0.39 is 11.6 Å². The standard InChI is InChI=1S/C23H24FN5O3/c1-12(21-26-13(2)28-32-21)25-20(30)15-10-17(14-6-8-16(24)9-7-14)19-18(11-15)29(5)22(27-19)23(3,4)31/h6-12,31H,1-5H3,(H,25,30)/t12-/m1/s1. The number of aryl methyl sites for hydroxylation is 2. The van der Waals surface area contributed by atoms with Crippen LogP contribution in [0.25, 0.3) is 22.2 Å². The predicted molar refractivity (Wildman–Crippen MR) is 116 cm³/mol. The Balaban J connectivity index is 1.83. The van der Waals surface area contributed by atoms with E-state index in [4.69, 9.17) is 4.52 Å². The number of aromatic nitrogens is 4. The molecule has 0 radical (unpaired) electrons. The Hall–Kier alpha value is -3.59. The van der Waals surface area contributed by atoms with Gasteiger partial charge in [-0.1, -0.05) is 17.3 Å². The van der Waals surface area contributed by atoms with Gasteiger partial charge in [-0.25, -0.2) is 9.37 Å². The topological polar surface area (TPSA) is 106 Å². The highest BCUT2D eigenvalue weighted by Crippen LogP contribution is 2.33. The van der Waals surface area contributed by atoms with Gasteiger partial charge in [0.25, 0.3) is 5.91 Å². The van der Waals surface area contributed by atoms with E-state index in [1.807, 2.05) is 0 Å². The Morgan fingerprint density at radius 2 is 1.91 bits per heavy atom. The number of amides is 1. The molecule has 0 aliphatic carbocycles. The summed E-state index contributed by atoms with van der Waals surface area (Å²) >= 11 is 0. The summed E-state index contributed by atoms with van der Waals surface area (Å²) in [4.78, 5) is 21.9. The van der Waals surface area contributed by atoms with Gasteiger partial charge in [-0.05, 0) is 57.5 Å². The van der Waals surface area contributed by atoms with Crippen LogP contribution < -0.4 is 5.32 Å². The Kier molecular flexibility index (Phi) is 5.29. The third-order valence-corrected chi connectivity index (χ3v) is 5.21. The van der Waals surface area contributed by atoms with Gasteiger partial charge in [0, 0.05) is 18.2 Å². The highest BCUT2D eigenvalue weighted by molar-refractivity contribution is 6.03. The molecule has 0 bridgehead atoms. The van der Waals surface area contributed by atoms with Crippen LogP contribution in [-0.2, 0) is 12.6 Å². The lowest BCUT2D eigenvalue weighted by Gasteiger charge is -2.16. The van der Waals surface area contributed by atoms with Crippen molar-refractivity contribution < 1.29 is 18.8 Å². The smallest absolute Gasteiger partial charge is 0.252 e. The molecule has 0 saturated carbocycles. The summed E-state index contributed by atoms with van der Waals surface area (Å²) in [5.41, 5.74) is 1.81. The number of halogens is 1. The molecular weight excluding hydrogens is 413 g/mol. The molecule has 4 aromatic rings. The number of benzene rings is 2. The molecule has 0 unspecified atom stereocenters. The zero-order chi connectivity index (χ0) is 23.2. The Labute approximate surface area is 184 Å². The van der Waals surface area contributed by atoms with Crippen LogP contribution in [0.5, 0.6) is 0 Å². The van der Waals surface area contributed by atoms with Crippen molar-refractivity contribution in [1.29, 1.82) is 0 Å². The van der Waals surface area contributed by atoms with E-state index in [1.54, 1.807) is 63.6 Å². The molecule has 32 heavy (non-hydrogen) atoms. The van der Waals surface area contributed by atoms with Gasteiger partial charge in [-0.3, -0.25) is 4.79 Å². The maximum atomic E-state index is 13.5. The van der Waals surface area contributed by atoms with Crippen LogP contribution in [-0.4, -0.2) is 30.7 Å². The molecule has 2 aromatic carbocycles. The lowest BCUT2D eigenvalue weighted by Crippen LogP contribution is -2.27. The van der Waals surface area contributed by atoms with Gasteiger partial charge in [0.2, 0.25) is 5.89 Å². The number of fused-ring (bicyclic) bond motifs is 1. The van der Waals surface area contributed by atoms with Crippen LogP contribution >= 0.6 is 0 Å². The van der Waals surface area contributed by atoms with E-state index in [2.05, 4.69) is 20.4 Å². The number of aliphatic hydroxyl groups is 1. The van der Waals surface area contributed by atoms with Crippen LogP contribution in [0.2, 0.25) is 0 Å². The maximum Gasteiger partial charge on any atom is 0.252 e. The van der Waals surface area contributed by atoms with E-state index >= 15 is 0 Å². The fraction of sp³-hybridized carbons (Fsp3) is 0.304. The highest BCUT2D eigenvalue weighted by atomic mass is 19.1. The van der Waals surface area contributed by atoms with Crippen molar-refractivity contribution in [3.63, 3.8) is 0 Å². The second kappa shape index (κ2) is 7.83. The van der Waals surface area contributed by atoms with E-state index in [0.717, 1.165) is 0 Å². The molecule has 0 spiro atoms. The minimum atomic E-state index is -1.19. The van der Waals surface area contributed by atoms with Crippen molar-refractivity contribution in [3.05, 3.63) is 65.3 Å². The number of hydrogen-bond donors (Lipinski definition) is 2. The van der Waals surface area contributed by atoms with Gasteiger partial charge in [-0.15, -0.1) is 0 Å². The number of nitrogens with zero attached hydrogens (tertiary/aromatic N) is 4. The van der Waals surface area contributed by atoms with Crippen molar-refractivity contribution in [1.82, 2.24) is 25.0 Å². The Morgan fingerprint density at radius 3 is 2.50 bits per heavy atom. The predicted octanol–water partition coefficient (Wildman–Crippen LogP) is 3.79. The number of carbonyl (C=O) groups excluding carboxylic acids is 1. The molecule has 2 aromatic heterocycles. The zero-order valence-electron chi connectivity index (χ0n) is 18.5. The van der Waals surface area contributed by atoms with Crippen molar-refractivity contribution in [3.8, 4) is 11.1 Å². The second-order valence-corrected chi connectivity index (χ2v) is 8.33. The summed E-state index contributed by atoms with van der Waals surface area (Å²) in [6.07, 6.45) is 0. The summed E-state index contributed by atoms with van der Waals surface area (Å²) < 4.78 is 20.4. The van der Waals surface area contributed by atoms with Crippen molar-refractivity contribution in [2.45, 2.75) is 39.3 Å². The normalized spacial score (nSPS) is 12.8. The Bertz CT molecular complexity index is 1300. The summed E-state index contributed by atoms with van der Waals surface area (Å²) in [6.45, 7) is 6.74. The summed E-state index contributed by atoms with van der Waals surface area (Å²) in [6, 6.07) is 8.90. The average molecular weight is 437 g/mol. The number of imidazole rings is 1. The van der Waals surface area contributed by atoms with Crippen LogP contribution in [0.3, 0.4) is 0 Å². The fourth-order valence-corrected chi connectivity index (χ4v) is 3.65. The third-order valence-electron chi connectivity index (χ3n) is 5.21. The van der Waals surface area contributed by atoms with Gasteiger partial charge in [0.1, 0.15) is 23.3 Å². The molecule has 0 aliphatic heterocycles. The minimum Gasteiger partial charge on any atom is -0.383 e. The number of carbonyl (C=O) groups is 1. The minimum absolute atomic E-state index is 0.306. The molecule has 1 atom stereocenters. The first kappa shape index (κ1) is 21.6. The monoisotopic (exact) mass is 437 g/mol. The van der Waals surface area contributed by atoms with Gasteiger partial charge < -0.3 is 19.5 Å². The first-order chi connectivity index (χ1) is 15.0. The largest absolute Gasteiger partial charge is 0.383 e. The van der Waals surface area contributed by atoms with Gasteiger partial charge in [-0.2, -0.15) is 4.98 Å². The summed E-state index contributed by atoms with van der Waals surface area (Å²) in [5.74, 6) is 0.532. The van der Waals surface area contributed by atoms with Crippen LogP contribution in [0.4, 0.5) is 4.39 Å². The number of rotatable bonds is 5. The Morgan fingerprint density at radius 1 is 1.22 bits per heavy atom. The van der Waals surface area contributed by atoms with E-state index in [9.17, 15) is 14.3 Å². The molecule has 9 heteroatoms. The quantitative estimate of drug-likeness (QED) is 0.492. The molecule has 0 aliphatic rings. The van der Waals surface area contributed by atoms with Crippen LogP contribution in [0, 0.1) is 12.7 Å². The van der Waals surface area contributed by atoms with Gasteiger partial charge in [0.05, 0.1) is 11.0 Å². The first-order valence-electron chi connectivity index (χ1n) is 10.1. The van der Waals surface area contributed by atoms with Crippen molar-refractivity contribution >= 4 is 16.9 Å². The molecule has 0 fully saturated rings. The average Bonchev–Trinajstić information content (AvgIpc) is 3.31. The summed E-state index contributed by atoms with van der Waals surface area (Å²) in [7, 11) is 1.78. The maximum absolute atomic E-state index is 13.5. The molecule has 8 nitrogen and oxygen atoms in total.